The third-order valence-electron chi connectivity index (χ3n) is 2.95. The van der Waals surface area contributed by atoms with Crippen LogP contribution in [-0.2, 0) is 16.1 Å². The van der Waals surface area contributed by atoms with Crippen LogP contribution in [0.15, 0.2) is 18.2 Å². The van der Waals surface area contributed by atoms with E-state index in [1.807, 2.05) is 25.1 Å². The molecule has 1 N–H and O–H groups in total. The van der Waals surface area contributed by atoms with Crippen LogP contribution in [0.5, 0.6) is 5.75 Å². The van der Waals surface area contributed by atoms with Crippen LogP contribution in [0.3, 0.4) is 0 Å². The lowest BCUT2D eigenvalue weighted by atomic mass is 10.1. The van der Waals surface area contributed by atoms with E-state index in [1.54, 1.807) is 6.92 Å². The van der Waals surface area contributed by atoms with Crippen molar-refractivity contribution >= 4 is 0 Å². The lowest BCUT2D eigenvalue weighted by molar-refractivity contribution is -0.135. The smallest absolute Gasteiger partial charge is 0.124 e. The number of aliphatic hydroxyl groups excluding tert-OH is 1. The van der Waals surface area contributed by atoms with Crippen LogP contribution in [0.2, 0.25) is 0 Å². The van der Waals surface area contributed by atoms with Gasteiger partial charge in [-0.05, 0) is 31.5 Å². The van der Waals surface area contributed by atoms with Crippen LogP contribution in [0.1, 0.15) is 31.1 Å². The molecule has 2 rings (SSSR count). The molecule has 1 atom stereocenters. The summed E-state index contributed by atoms with van der Waals surface area (Å²) in [5, 5.41) is 9.60. The van der Waals surface area contributed by atoms with Gasteiger partial charge in [0.15, 0.2) is 0 Å². The second kappa shape index (κ2) is 6.18. The Morgan fingerprint density at radius 2 is 2.22 bits per heavy atom. The topological polar surface area (TPSA) is 47.9 Å². The van der Waals surface area contributed by atoms with Gasteiger partial charge in [-0.1, -0.05) is 6.07 Å². The van der Waals surface area contributed by atoms with Crippen LogP contribution >= 0.6 is 0 Å². The number of hydrogen-bond acceptors (Lipinski definition) is 4. The summed E-state index contributed by atoms with van der Waals surface area (Å²) in [6, 6.07) is 5.71. The molecule has 1 saturated heterocycles. The monoisotopic (exact) mass is 252 g/mol. The molecule has 1 fully saturated rings. The molecule has 1 heterocycles. The van der Waals surface area contributed by atoms with E-state index < -0.39 is 6.10 Å². The quantitative estimate of drug-likeness (QED) is 0.841. The summed E-state index contributed by atoms with van der Waals surface area (Å²) in [5.41, 5.74) is 1.85. The van der Waals surface area contributed by atoms with Gasteiger partial charge in [0.1, 0.15) is 11.9 Å². The molecule has 0 bridgehead atoms. The Bertz CT molecular complexity index is 385. The summed E-state index contributed by atoms with van der Waals surface area (Å²) in [7, 11) is 0. The van der Waals surface area contributed by atoms with Crippen molar-refractivity contribution in [3.8, 4) is 5.75 Å². The predicted octanol–water partition coefficient (Wildman–Crippen LogP) is 2.05. The zero-order chi connectivity index (χ0) is 13.0. The number of benzene rings is 1. The molecule has 4 heteroatoms. The largest absolute Gasteiger partial charge is 0.494 e. The summed E-state index contributed by atoms with van der Waals surface area (Å²) in [6.45, 7) is 6.14. The Hall–Kier alpha value is -1.10. The van der Waals surface area contributed by atoms with Crippen LogP contribution in [0, 0.1) is 0 Å². The van der Waals surface area contributed by atoms with Crippen LogP contribution in [0.4, 0.5) is 0 Å². The lowest BCUT2D eigenvalue weighted by Gasteiger charge is -2.26. The molecule has 0 amide bonds. The maximum Gasteiger partial charge on any atom is 0.124 e. The first-order valence-corrected chi connectivity index (χ1v) is 6.33. The molecule has 1 aromatic carbocycles. The zero-order valence-electron chi connectivity index (χ0n) is 10.9. The summed E-state index contributed by atoms with van der Waals surface area (Å²) < 4.78 is 16.3. The standard InChI is InChI=1S/C14H20O4/c1-3-17-14-5-4-11(10(2)15)6-12(14)7-18-13-8-16-9-13/h4-6,10,13,15H,3,7-9H2,1-2H3. The van der Waals surface area contributed by atoms with Gasteiger partial charge in [0.2, 0.25) is 0 Å². The van der Waals surface area contributed by atoms with Gasteiger partial charge in [-0.25, -0.2) is 0 Å². The van der Waals surface area contributed by atoms with Crippen molar-refractivity contribution in [3.05, 3.63) is 29.3 Å². The molecule has 1 unspecified atom stereocenters. The highest BCUT2D eigenvalue weighted by molar-refractivity contribution is 5.37. The summed E-state index contributed by atoms with van der Waals surface area (Å²) >= 11 is 0. The second-order valence-electron chi connectivity index (χ2n) is 4.45. The Balaban J connectivity index is 2.08. The molecule has 0 radical (unpaired) electrons. The molecule has 1 aromatic rings. The van der Waals surface area contributed by atoms with Crippen LogP contribution in [0.25, 0.3) is 0 Å². The molecular formula is C14H20O4. The SMILES string of the molecule is CCOc1ccc(C(C)O)cc1COC1COC1. The molecule has 0 spiro atoms. The molecule has 18 heavy (non-hydrogen) atoms. The average Bonchev–Trinajstić information content (AvgIpc) is 2.29. The maximum absolute atomic E-state index is 9.60. The van der Waals surface area contributed by atoms with E-state index in [-0.39, 0.29) is 6.10 Å². The van der Waals surface area contributed by atoms with Gasteiger partial charge in [0, 0.05) is 5.56 Å². The Kier molecular flexibility index (Phi) is 4.58. The van der Waals surface area contributed by atoms with E-state index in [1.165, 1.54) is 0 Å². The third kappa shape index (κ3) is 3.22. The molecular weight excluding hydrogens is 232 g/mol. The minimum Gasteiger partial charge on any atom is -0.494 e. The van der Waals surface area contributed by atoms with E-state index in [4.69, 9.17) is 14.2 Å². The van der Waals surface area contributed by atoms with Crippen molar-refractivity contribution in [1.82, 2.24) is 0 Å². The van der Waals surface area contributed by atoms with Gasteiger partial charge in [0.05, 0.1) is 32.5 Å². The minimum absolute atomic E-state index is 0.190. The van der Waals surface area contributed by atoms with E-state index in [9.17, 15) is 5.11 Å². The van der Waals surface area contributed by atoms with Gasteiger partial charge in [0.25, 0.3) is 0 Å². The highest BCUT2D eigenvalue weighted by Gasteiger charge is 2.19. The van der Waals surface area contributed by atoms with Gasteiger partial charge < -0.3 is 19.3 Å². The molecule has 1 aliphatic heterocycles. The summed E-state index contributed by atoms with van der Waals surface area (Å²) in [5.74, 6) is 0.821. The van der Waals surface area contributed by atoms with Crippen molar-refractivity contribution in [2.75, 3.05) is 19.8 Å². The number of rotatable bonds is 6. The van der Waals surface area contributed by atoms with E-state index in [0.29, 0.717) is 26.4 Å². The minimum atomic E-state index is -0.480. The van der Waals surface area contributed by atoms with Crippen molar-refractivity contribution in [2.45, 2.75) is 32.7 Å². The van der Waals surface area contributed by atoms with E-state index in [2.05, 4.69) is 0 Å². The van der Waals surface area contributed by atoms with Crippen LogP contribution < -0.4 is 4.74 Å². The fraction of sp³-hybridized carbons (Fsp3) is 0.571. The average molecular weight is 252 g/mol. The Labute approximate surface area is 107 Å². The normalized spacial score (nSPS) is 17.3. The summed E-state index contributed by atoms with van der Waals surface area (Å²) in [6.07, 6.45) is -0.291. The Morgan fingerprint density at radius 1 is 1.44 bits per heavy atom. The molecule has 0 saturated carbocycles. The van der Waals surface area contributed by atoms with Crippen molar-refractivity contribution in [3.63, 3.8) is 0 Å². The van der Waals surface area contributed by atoms with Crippen molar-refractivity contribution in [2.24, 2.45) is 0 Å². The first-order chi connectivity index (χ1) is 8.70. The third-order valence-corrected chi connectivity index (χ3v) is 2.95. The highest BCUT2D eigenvalue weighted by Crippen LogP contribution is 2.25. The van der Waals surface area contributed by atoms with E-state index >= 15 is 0 Å². The van der Waals surface area contributed by atoms with Crippen LogP contribution in [-0.4, -0.2) is 31.0 Å². The highest BCUT2D eigenvalue weighted by atomic mass is 16.6. The lowest BCUT2D eigenvalue weighted by Crippen LogP contribution is -2.35. The fourth-order valence-corrected chi connectivity index (χ4v) is 1.79. The molecule has 100 valence electrons. The fourth-order valence-electron chi connectivity index (χ4n) is 1.79. The predicted molar refractivity (Wildman–Crippen MR) is 67.6 cm³/mol. The first kappa shape index (κ1) is 13.3. The first-order valence-electron chi connectivity index (χ1n) is 6.33. The second-order valence-corrected chi connectivity index (χ2v) is 4.45. The molecule has 0 aliphatic carbocycles. The number of aliphatic hydroxyl groups is 1. The van der Waals surface area contributed by atoms with E-state index in [0.717, 1.165) is 16.9 Å². The maximum atomic E-state index is 9.60. The summed E-state index contributed by atoms with van der Waals surface area (Å²) in [4.78, 5) is 0. The van der Waals surface area contributed by atoms with Gasteiger partial charge >= 0.3 is 0 Å². The Morgan fingerprint density at radius 3 is 2.78 bits per heavy atom. The molecule has 0 aromatic heterocycles. The molecule has 1 aliphatic rings. The van der Waals surface area contributed by atoms with Gasteiger partial charge in [-0.3, -0.25) is 0 Å². The van der Waals surface area contributed by atoms with Gasteiger partial charge in [-0.15, -0.1) is 0 Å². The molecule has 4 nitrogen and oxygen atoms in total. The zero-order valence-corrected chi connectivity index (χ0v) is 10.9. The van der Waals surface area contributed by atoms with Crippen molar-refractivity contribution in [1.29, 1.82) is 0 Å². The number of ether oxygens (including phenoxy) is 3. The van der Waals surface area contributed by atoms with Gasteiger partial charge in [-0.2, -0.15) is 0 Å². The number of hydrogen-bond donors (Lipinski definition) is 1. The van der Waals surface area contributed by atoms with Crippen molar-refractivity contribution < 1.29 is 19.3 Å².